The quantitative estimate of drug-likeness (QED) is 0.389. The fraction of sp³-hybridized carbons (Fsp3) is 1.00. The first-order chi connectivity index (χ1) is 4.56. The lowest BCUT2D eigenvalue weighted by molar-refractivity contribution is 0.0389. The number of aliphatic hydroxyl groups excluding tert-OH is 3. The fourth-order valence-electron chi connectivity index (χ4n) is 0.628. The Labute approximate surface area is 60.3 Å². The van der Waals surface area contributed by atoms with Gasteiger partial charge in [0.1, 0.15) is 0 Å². The van der Waals surface area contributed by atoms with Crippen molar-refractivity contribution in [3.05, 3.63) is 0 Å². The van der Waals surface area contributed by atoms with Gasteiger partial charge in [-0.25, -0.2) is 0 Å². The molecule has 0 aliphatic carbocycles. The zero-order valence-corrected chi connectivity index (χ0v) is 6.12. The summed E-state index contributed by atoms with van der Waals surface area (Å²) in [4.78, 5) is 0. The van der Waals surface area contributed by atoms with Crippen LogP contribution in [0.3, 0.4) is 0 Å². The van der Waals surface area contributed by atoms with E-state index >= 15 is 0 Å². The molecule has 5 N–H and O–H groups in total. The summed E-state index contributed by atoms with van der Waals surface area (Å²) in [7, 11) is 0. The monoisotopic (exact) mass is 149 g/mol. The Morgan fingerprint density at radius 3 is 2.10 bits per heavy atom. The van der Waals surface area contributed by atoms with Crippen molar-refractivity contribution in [2.75, 3.05) is 13.2 Å². The van der Waals surface area contributed by atoms with Crippen LogP contribution in [0.5, 0.6) is 0 Å². The van der Waals surface area contributed by atoms with E-state index in [1.165, 1.54) is 6.92 Å². The van der Waals surface area contributed by atoms with Crippen LogP contribution in [0.1, 0.15) is 13.3 Å². The average molecular weight is 149 g/mol. The third-order valence-electron chi connectivity index (χ3n) is 1.70. The Balaban J connectivity index is 3.94. The lowest BCUT2D eigenvalue weighted by atomic mass is 9.92. The molecule has 0 amide bonds. The molecule has 0 aromatic heterocycles. The lowest BCUT2D eigenvalue weighted by Gasteiger charge is -2.29. The summed E-state index contributed by atoms with van der Waals surface area (Å²) in [6, 6.07) is 0. The van der Waals surface area contributed by atoms with Crippen molar-refractivity contribution >= 4 is 0 Å². The topological polar surface area (TPSA) is 86.7 Å². The molecule has 0 rings (SSSR count). The van der Waals surface area contributed by atoms with Gasteiger partial charge < -0.3 is 21.1 Å². The first kappa shape index (κ1) is 9.84. The van der Waals surface area contributed by atoms with Gasteiger partial charge in [-0.05, 0) is 13.3 Å². The van der Waals surface area contributed by atoms with Crippen LogP contribution in [0.15, 0.2) is 0 Å². The maximum atomic E-state index is 9.01. The largest absolute Gasteiger partial charge is 0.396 e. The van der Waals surface area contributed by atoms with Gasteiger partial charge in [0.15, 0.2) is 0 Å². The van der Waals surface area contributed by atoms with Crippen LogP contribution in [-0.2, 0) is 0 Å². The Morgan fingerprint density at radius 1 is 1.50 bits per heavy atom. The Hall–Kier alpha value is -0.160. The van der Waals surface area contributed by atoms with E-state index in [0.29, 0.717) is 0 Å². The maximum absolute atomic E-state index is 9.01. The molecular formula is C6H15NO3. The smallest absolute Gasteiger partial charge is 0.0714 e. The van der Waals surface area contributed by atoms with Crippen molar-refractivity contribution in [2.24, 2.45) is 5.73 Å². The molecule has 0 bridgehead atoms. The van der Waals surface area contributed by atoms with Gasteiger partial charge in [-0.1, -0.05) is 0 Å². The van der Waals surface area contributed by atoms with Crippen molar-refractivity contribution < 1.29 is 15.3 Å². The number of hydrogen-bond acceptors (Lipinski definition) is 4. The second kappa shape index (κ2) is 3.88. The molecule has 0 aliphatic heterocycles. The van der Waals surface area contributed by atoms with Gasteiger partial charge in [0.2, 0.25) is 0 Å². The van der Waals surface area contributed by atoms with Gasteiger partial charge in [0, 0.05) is 6.61 Å². The lowest BCUT2D eigenvalue weighted by Crippen LogP contribution is -2.53. The highest BCUT2D eigenvalue weighted by Gasteiger charge is 2.28. The first-order valence-corrected chi connectivity index (χ1v) is 3.25. The minimum Gasteiger partial charge on any atom is -0.396 e. The highest BCUT2D eigenvalue weighted by molar-refractivity contribution is 4.88. The van der Waals surface area contributed by atoms with Crippen molar-refractivity contribution in [3.63, 3.8) is 0 Å². The minimum atomic E-state index is -1.05. The van der Waals surface area contributed by atoms with Crippen LogP contribution >= 0.6 is 0 Å². The minimum absolute atomic E-state index is 0.123. The molecular weight excluding hydrogens is 134 g/mol. The summed E-state index contributed by atoms with van der Waals surface area (Å²) in [5.41, 5.74) is 4.44. The second-order valence-corrected chi connectivity index (χ2v) is 2.54. The van der Waals surface area contributed by atoms with Gasteiger partial charge in [-0.2, -0.15) is 0 Å². The average Bonchev–Trinajstić information content (AvgIpc) is 1.88. The van der Waals surface area contributed by atoms with Gasteiger partial charge >= 0.3 is 0 Å². The summed E-state index contributed by atoms with van der Waals surface area (Å²) in [5, 5.41) is 26.2. The summed E-state index contributed by atoms with van der Waals surface area (Å²) < 4.78 is 0. The molecule has 0 fully saturated rings. The van der Waals surface area contributed by atoms with Crippen LogP contribution in [-0.4, -0.2) is 40.2 Å². The summed E-state index contributed by atoms with van der Waals surface area (Å²) in [6.45, 7) is 1.05. The molecule has 0 aromatic rings. The number of rotatable bonds is 4. The molecule has 10 heavy (non-hydrogen) atoms. The van der Waals surface area contributed by atoms with Crippen molar-refractivity contribution in [2.45, 2.75) is 25.0 Å². The molecule has 2 unspecified atom stereocenters. The highest BCUT2D eigenvalue weighted by atomic mass is 16.3. The van der Waals surface area contributed by atoms with Crippen LogP contribution in [0, 0.1) is 0 Å². The van der Waals surface area contributed by atoms with Crippen molar-refractivity contribution in [1.82, 2.24) is 0 Å². The highest BCUT2D eigenvalue weighted by Crippen LogP contribution is 2.10. The molecule has 0 aromatic carbocycles. The molecule has 0 heterocycles. The molecule has 0 aliphatic rings. The predicted octanol–water partition coefficient (Wildman–Crippen LogP) is -1.56. The number of aliphatic hydroxyl groups is 3. The maximum Gasteiger partial charge on any atom is 0.0714 e. The van der Waals surface area contributed by atoms with Gasteiger partial charge in [-0.3, -0.25) is 0 Å². The predicted molar refractivity (Wildman–Crippen MR) is 37.4 cm³/mol. The molecule has 0 saturated heterocycles. The normalized spacial score (nSPS) is 20.1. The van der Waals surface area contributed by atoms with Crippen molar-refractivity contribution in [3.8, 4) is 0 Å². The molecule has 0 saturated carbocycles. The van der Waals surface area contributed by atoms with E-state index in [1.807, 2.05) is 0 Å². The second-order valence-electron chi connectivity index (χ2n) is 2.54. The number of nitrogens with two attached hydrogens (primary N) is 1. The zero-order chi connectivity index (χ0) is 8.20. The third kappa shape index (κ3) is 2.22. The van der Waals surface area contributed by atoms with Crippen LogP contribution in [0.25, 0.3) is 0 Å². The van der Waals surface area contributed by atoms with Gasteiger partial charge in [0.05, 0.1) is 18.2 Å². The van der Waals surface area contributed by atoms with Crippen molar-refractivity contribution in [1.29, 1.82) is 0 Å². The summed E-state index contributed by atoms with van der Waals surface area (Å²) in [5.74, 6) is 0. The molecule has 2 atom stereocenters. The molecule has 0 radical (unpaired) electrons. The third-order valence-corrected chi connectivity index (χ3v) is 1.70. The van der Waals surface area contributed by atoms with E-state index in [2.05, 4.69) is 0 Å². The standard InChI is InChI=1S/C6H15NO3/c1-5(10)6(7,4-9)2-3-8/h5,8-10H,2-4,7H2,1H3. The van der Waals surface area contributed by atoms with E-state index in [0.717, 1.165) is 0 Å². The molecule has 62 valence electrons. The van der Waals surface area contributed by atoms with Crippen LogP contribution in [0.2, 0.25) is 0 Å². The Kier molecular flexibility index (Phi) is 3.81. The van der Waals surface area contributed by atoms with E-state index in [-0.39, 0.29) is 19.6 Å². The summed E-state index contributed by atoms with van der Waals surface area (Å²) in [6.07, 6.45) is -0.592. The molecule has 4 heteroatoms. The van der Waals surface area contributed by atoms with Crippen LogP contribution in [0.4, 0.5) is 0 Å². The van der Waals surface area contributed by atoms with Crippen LogP contribution < -0.4 is 5.73 Å². The van der Waals surface area contributed by atoms with Gasteiger partial charge in [-0.15, -0.1) is 0 Å². The Bertz CT molecular complexity index is 97.0. The fourth-order valence-corrected chi connectivity index (χ4v) is 0.628. The SMILES string of the molecule is CC(O)C(N)(CO)CCO. The van der Waals surface area contributed by atoms with E-state index in [1.54, 1.807) is 0 Å². The molecule has 0 spiro atoms. The first-order valence-electron chi connectivity index (χ1n) is 3.25. The summed E-state index contributed by atoms with van der Waals surface area (Å²) >= 11 is 0. The zero-order valence-electron chi connectivity index (χ0n) is 6.12. The van der Waals surface area contributed by atoms with E-state index in [4.69, 9.17) is 21.1 Å². The van der Waals surface area contributed by atoms with Gasteiger partial charge in [0.25, 0.3) is 0 Å². The van der Waals surface area contributed by atoms with E-state index in [9.17, 15) is 0 Å². The number of hydrogen-bond donors (Lipinski definition) is 4. The Morgan fingerprint density at radius 2 is 2.00 bits per heavy atom. The molecule has 4 nitrogen and oxygen atoms in total. The van der Waals surface area contributed by atoms with E-state index < -0.39 is 11.6 Å².